The number of methoxy groups -OCH3 is 2. The quantitative estimate of drug-likeness (QED) is 0.805. The maximum absolute atomic E-state index is 12.0. The molecule has 114 valence electrons. The Kier molecular flexibility index (Phi) is 5.03. The van der Waals surface area contributed by atoms with Crippen molar-refractivity contribution in [3.05, 3.63) is 66.2 Å². The van der Waals surface area contributed by atoms with Gasteiger partial charge in [-0.15, -0.1) is 0 Å². The van der Waals surface area contributed by atoms with Crippen molar-refractivity contribution in [3.8, 4) is 11.5 Å². The fraction of sp³-hybridized carbons (Fsp3) is 0.118. The monoisotopic (exact) mass is 298 g/mol. The van der Waals surface area contributed by atoms with Crippen LogP contribution in [-0.4, -0.2) is 20.1 Å². The van der Waals surface area contributed by atoms with Crippen LogP contribution in [0.2, 0.25) is 0 Å². The molecule has 0 spiro atoms. The Morgan fingerprint density at radius 2 is 1.73 bits per heavy atom. The molecule has 0 aliphatic rings. The van der Waals surface area contributed by atoms with Crippen molar-refractivity contribution < 1.29 is 14.3 Å². The van der Waals surface area contributed by atoms with Crippen molar-refractivity contribution in [2.24, 2.45) is 0 Å². The SMILES string of the molecule is C=C(NNC(=O)c1ccccc1)c1ccc(OC)cc1OC. The van der Waals surface area contributed by atoms with Crippen LogP contribution in [0, 0.1) is 0 Å². The zero-order valence-corrected chi connectivity index (χ0v) is 12.6. The Bertz CT molecular complexity index is 669. The molecule has 2 N–H and O–H groups in total. The van der Waals surface area contributed by atoms with E-state index in [1.165, 1.54) is 0 Å². The van der Waals surface area contributed by atoms with E-state index in [0.717, 1.165) is 5.56 Å². The van der Waals surface area contributed by atoms with Gasteiger partial charge in [0.2, 0.25) is 0 Å². The minimum absolute atomic E-state index is 0.241. The number of carbonyl (C=O) groups excluding carboxylic acids is 1. The molecule has 0 aliphatic carbocycles. The average molecular weight is 298 g/mol. The van der Waals surface area contributed by atoms with Crippen molar-refractivity contribution in [2.75, 3.05) is 14.2 Å². The molecule has 2 aromatic rings. The maximum atomic E-state index is 12.0. The van der Waals surface area contributed by atoms with Crippen LogP contribution in [0.1, 0.15) is 15.9 Å². The molecule has 0 saturated heterocycles. The highest BCUT2D eigenvalue weighted by Crippen LogP contribution is 2.27. The fourth-order valence-electron chi connectivity index (χ4n) is 1.91. The highest BCUT2D eigenvalue weighted by atomic mass is 16.5. The molecule has 0 saturated carbocycles. The zero-order valence-electron chi connectivity index (χ0n) is 12.6. The van der Waals surface area contributed by atoms with Crippen LogP contribution < -0.4 is 20.3 Å². The first-order valence-corrected chi connectivity index (χ1v) is 6.68. The number of carbonyl (C=O) groups is 1. The first-order valence-electron chi connectivity index (χ1n) is 6.68. The summed E-state index contributed by atoms with van der Waals surface area (Å²) in [6, 6.07) is 14.3. The summed E-state index contributed by atoms with van der Waals surface area (Å²) in [6.45, 7) is 3.91. The number of hydrogen-bond donors (Lipinski definition) is 2. The third-order valence-corrected chi connectivity index (χ3v) is 3.10. The van der Waals surface area contributed by atoms with Crippen molar-refractivity contribution in [1.82, 2.24) is 10.9 Å². The van der Waals surface area contributed by atoms with Gasteiger partial charge in [-0.05, 0) is 24.3 Å². The summed E-state index contributed by atoms with van der Waals surface area (Å²) in [5.74, 6) is 1.04. The van der Waals surface area contributed by atoms with Crippen molar-refractivity contribution in [2.45, 2.75) is 0 Å². The lowest BCUT2D eigenvalue weighted by molar-refractivity contribution is 0.0942. The van der Waals surface area contributed by atoms with Gasteiger partial charge in [0.15, 0.2) is 0 Å². The van der Waals surface area contributed by atoms with Gasteiger partial charge in [-0.2, -0.15) is 0 Å². The molecule has 0 radical (unpaired) electrons. The molecule has 22 heavy (non-hydrogen) atoms. The highest BCUT2D eigenvalue weighted by molar-refractivity contribution is 5.94. The van der Waals surface area contributed by atoms with E-state index in [0.29, 0.717) is 22.8 Å². The van der Waals surface area contributed by atoms with Gasteiger partial charge in [0.1, 0.15) is 11.5 Å². The van der Waals surface area contributed by atoms with Gasteiger partial charge < -0.3 is 9.47 Å². The summed E-state index contributed by atoms with van der Waals surface area (Å²) in [5.41, 5.74) is 7.21. The van der Waals surface area contributed by atoms with E-state index in [4.69, 9.17) is 9.47 Å². The topological polar surface area (TPSA) is 59.6 Å². The molecule has 0 fully saturated rings. The molecule has 2 aromatic carbocycles. The molecular formula is C17H18N2O3. The van der Waals surface area contributed by atoms with Crippen LogP contribution in [0.15, 0.2) is 55.1 Å². The average Bonchev–Trinajstić information content (AvgIpc) is 2.59. The van der Waals surface area contributed by atoms with Crippen LogP contribution in [0.3, 0.4) is 0 Å². The van der Waals surface area contributed by atoms with Crippen molar-refractivity contribution in [3.63, 3.8) is 0 Å². The molecule has 1 amide bonds. The second-order valence-corrected chi connectivity index (χ2v) is 4.49. The van der Waals surface area contributed by atoms with Crippen LogP contribution in [-0.2, 0) is 0 Å². The van der Waals surface area contributed by atoms with Gasteiger partial charge >= 0.3 is 0 Å². The Hall–Kier alpha value is -2.95. The van der Waals surface area contributed by atoms with Gasteiger partial charge in [-0.1, -0.05) is 24.8 Å². The van der Waals surface area contributed by atoms with E-state index in [1.807, 2.05) is 12.1 Å². The number of hydrogen-bond acceptors (Lipinski definition) is 4. The summed E-state index contributed by atoms with van der Waals surface area (Å²) in [4.78, 5) is 12.0. The molecule has 2 rings (SSSR count). The molecule has 0 aliphatic heterocycles. The lowest BCUT2D eigenvalue weighted by Gasteiger charge is -2.15. The van der Waals surface area contributed by atoms with Gasteiger partial charge in [0, 0.05) is 17.2 Å². The fourth-order valence-corrected chi connectivity index (χ4v) is 1.91. The zero-order chi connectivity index (χ0) is 15.9. The van der Waals surface area contributed by atoms with E-state index in [2.05, 4.69) is 17.4 Å². The first-order chi connectivity index (χ1) is 10.7. The molecular weight excluding hydrogens is 280 g/mol. The van der Waals surface area contributed by atoms with E-state index in [1.54, 1.807) is 50.6 Å². The lowest BCUT2D eigenvalue weighted by atomic mass is 10.1. The van der Waals surface area contributed by atoms with E-state index in [-0.39, 0.29) is 5.91 Å². The van der Waals surface area contributed by atoms with Crippen LogP contribution in [0.5, 0.6) is 11.5 Å². The number of amides is 1. The maximum Gasteiger partial charge on any atom is 0.269 e. The number of ether oxygens (including phenoxy) is 2. The van der Waals surface area contributed by atoms with Crippen molar-refractivity contribution in [1.29, 1.82) is 0 Å². The van der Waals surface area contributed by atoms with Crippen molar-refractivity contribution >= 4 is 11.6 Å². The highest BCUT2D eigenvalue weighted by Gasteiger charge is 2.10. The predicted octanol–water partition coefficient (Wildman–Crippen LogP) is 2.61. The summed E-state index contributed by atoms with van der Waals surface area (Å²) < 4.78 is 10.5. The van der Waals surface area contributed by atoms with Crippen LogP contribution >= 0.6 is 0 Å². The van der Waals surface area contributed by atoms with Gasteiger partial charge in [0.05, 0.1) is 19.9 Å². The van der Waals surface area contributed by atoms with Gasteiger partial charge in [-0.3, -0.25) is 15.6 Å². The molecule has 0 atom stereocenters. The number of hydrazine groups is 1. The Balaban J connectivity index is 2.05. The minimum Gasteiger partial charge on any atom is -0.497 e. The van der Waals surface area contributed by atoms with E-state index in [9.17, 15) is 4.79 Å². The third kappa shape index (κ3) is 3.58. The van der Waals surface area contributed by atoms with E-state index >= 15 is 0 Å². The largest absolute Gasteiger partial charge is 0.497 e. The summed E-state index contributed by atoms with van der Waals surface area (Å²) >= 11 is 0. The normalized spacial score (nSPS) is 9.73. The number of benzene rings is 2. The number of nitrogens with one attached hydrogen (secondary N) is 2. The molecule has 0 unspecified atom stereocenters. The Morgan fingerprint density at radius 3 is 2.36 bits per heavy atom. The molecule has 5 heteroatoms. The lowest BCUT2D eigenvalue weighted by Crippen LogP contribution is -2.35. The van der Waals surface area contributed by atoms with Gasteiger partial charge in [0.25, 0.3) is 5.91 Å². The van der Waals surface area contributed by atoms with Crippen LogP contribution in [0.25, 0.3) is 5.70 Å². The second-order valence-electron chi connectivity index (χ2n) is 4.49. The summed E-state index contributed by atoms with van der Waals surface area (Å²) in [7, 11) is 3.15. The minimum atomic E-state index is -0.241. The third-order valence-electron chi connectivity index (χ3n) is 3.10. The molecule has 0 aromatic heterocycles. The molecule has 5 nitrogen and oxygen atoms in total. The first kappa shape index (κ1) is 15.4. The Morgan fingerprint density at radius 1 is 1.00 bits per heavy atom. The van der Waals surface area contributed by atoms with Crippen LogP contribution in [0.4, 0.5) is 0 Å². The smallest absolute Gasteiger partial charge is 0.269 e. The molecule has 0 bridgehead atoms. The van der Waals surface area contributed by atoms with E-state index < -0.39 is 0 Å². The molecule has 0 heterocycles. The number of rotatable bonds is 6. The summed E-state index contributed by atoms with van der Waals surface area (Å²) in [5, 5.41) is 0. The summed E-state index contributed by atoms with van der Waals surface area (Å²) in [6.07, 6.45) is 0. The second kappa shape index (κ2) is 7.17. The standard InChI is InChI=1S/C17H18N2O3/c1-12(15-10-9-14(21-2)11-16(15)22-3)18-19-17(20)13-7-5-4-6-8-13/h4-11,18H,1H2,2-3H3,(H,19,20). The Labute approximate surface area is 129 Å². The predicted molar refractivity (Wildman–Crippen MR) is 85.6 cm³/mol. The van der Waals surface area contributed by atoms with Gasteiger partial charge in [-0.25, -0.2) is 0 Å².